The van der Waals surface area contributed by atoms with Gasteiger partial charge in [-0.1, -0.05) is 6.07 Å². The number of carbonyl (C=O) groups excluding carboxylic acids is 2. The smallest absolute Gasteiger partial charge is 0.253 e. The Morgan fingerprint density at radius 3 is 2.26 bits per heavy atom. The second-order valence-electron chi connectivity index (χ2n) is 6.85. The number of aromatic nitrogens is 1. The van der Waals surface area contributed by atoms with Crippen molar-refractivity contribution < 1.29 is 14.0 Å². The molecule has 1 saturated heterocycles. The number of ketones is 1. The highest BCUT2D eigenvalue weighted by molar-refractivity contribution is 6.11. The number of hydrogen-bond donors (Lipinski definition) is 0. The molecule has 2 heterocycles. The van der Waals surface area contributed by atoms with Crippen LogP contribution in [0.3, 0.4) is 0 Å². The normalized spacial score (nSPS) is 16.2. The molecule has 0 saturated carbocycles. The van der Waals surface area contributed by atoms with Crippen LogP contribution >= 0.6 is 0 Å². The van der Waals surface area contributed by atoms with Crippen LogP contribution in [0.15, 0.2) is 47.4 Å². The quantitative estimate of drug-likeness (QED) is 0.604. The second-order valence-corrected chi connectivity index (χ2v) is 6.85. The van der Waals surface area contributed by atoms with Crippen molar-refractivity contribution in [2.45, 2.75) is 13.0 Å². The molecule has 142 valence electrons. The minimum Gasteiger partial charge on any atom is -0.338 e. The lowest BCUT2D eigenvalue weighted by molar-refractivity contribution is -0.135. The predicted molar refractivity (Wildman–Crippen MR) is 99.3 cm³/mol. The van der Waals surface area contributed by atoms with Crippen LogP contribution in [0, 0.1) is 12.7 Å². The minimum atomic E-state index is -1.30. The van der Waals surface area contributed by atoms with E-state index in [2.05, 4.69) is 4.90 Å². The molecule has 1 atom stereocenters. The number of aryl methyl sites for hydroxylation is 1. The van der Waals surface area contributed by atoms with E-state index in [-0.39, 0.29) is 5.56 Å². The standard InChI is InChI=1S/C20H22FN3O3/c1-14-3-8-17(25)24(13-14)18(19(26)15-4-6-16(21)7-5-15)20(27)23-11-9-22(2)10-12-23/h3-8,13,18H,9-12H2,1-2H3/t18-/m1/s1. The molecule has 0 N–H and O–H groups in total. The molecular formula is C20H22FN3O3. The lowest BCUT2D eigenvalue weighted by Crippen LogP contribution is -2.51. The SMILES string of the molecule is Cc1ccc(=O)n([C@H](C(=O)c2ccc(F)cc2)C(=O)N2CCN(C)CC2)c1. The molecule has 27 heavy (non-hydrogen) atoms. The fourth-order valence-corrected chi connectivity index (χ4v) is 3.15. The number of likely N-dealkylation sites (N-methyl/N-ethyl adjacent to an activating group) is 1. The van der Waals surface area contributed by atoms with Gasteiger partial charge in [0, 0.05) is 44.0 Å². The van der Waals surface area contributed by atoms with Crippen molar-refractivity contribution in [1.82, 2.24) is 14.4 Å². The number of nitrogens with zero attached hydrogens (tertiary/aromatic N) is 3. The largest absolute Gasteiger partial charge is 0.338 e. The zero-order valence-electron chi connectivity index (χ0n) is 15.4. The molecule has 0 radical (unpaired) electrons. The number of carbonyl (C=O) groups is 2. The molecule has 0 aliphatic carbocycles. The van der Waals surface area contributed by atoms with Crippen LogP contribution in [-0.2, 0) is 4.79 Å². The van der Waals surface area contributed by atoms with Gasteiger partial charge in [0.15, 0.2) is 11.8 Å². The zero-order valence-corrected chi connectivity index (χ0v) is 15.4. The third kappa shape index (κ3) is 4.14. The van der Waals surface area contributed by atoms with Gasteiger partial charge in [0.05, 0.1) is 0 Å². The molecule has 3 rings (SSSR count). The van der Waals surface area contributed by atoms with E-state index < -0.39 is 29.1 Å². The molecular weight excluding hydrogens is 349 g/mol. The van der Waals surface area contributed by atoms with Crippen LogP contribution in [0.1, 0.15) is 22.0 Å². The Morgan fingerprint density at radius 1 is 1.00 bits per heavy atom. The van der Waals surface area contributed by atoms with Crippen LogP contribution in [0.5, 0.6) is 0 Å². The van der Waals surface area contributed by atoms with Crippen molar-refractivity contribution in [3.63, 3.8) is 0 Å². The van der Waals surface area contributed by atoms with E-state index in [0.29, 0.717) is 26.2 Å². The first kappa shape index (κ1) is 19.0. The summed E-state index contributed by atoms with van der Waals surface area (Å²) in [5, 5.41) is 0. The van der Waals surface area contributed by atoms with E-state index in [9.17, 15) is 18.8 Å². The predicted octanol–water partition coefficient (Wildman–Crippen LogP) is 1.49. The number of Topliss-reactive ketones (excluding diaryl/α,β-unsaturated/α-hetero) is 1. The molecule has 1 aromatic heterocycles. The maximum absolute atomic E-state index is 13.2. The van der Waals surface area contributed by atoms with Gasteiger partial charge in [0.25, 0.3) is 11.5 Å². The van der Waals surface area contributed by atoms with Crippen molar-refractivity contribution in [1.29, 1.82) is 0 Å². The Labute approximate surface area is 156 Å². The lowest BCUT2D eigenvalue weighted by Gasteiger charge is -2.34. The topological polar surface area (TPSA) is 62.6 Å². The number of rotatable bonds is 4. The lowest BCUT2D eigenvalue weighted by atomic mass is 10.0. The molecule has 1 aromatic carbocycles. The number of benzene rings is 1. The van der Waals surface area contributed by atoms with E-state index >= 15 is 0 Å². The summed E-state index contributed by atoms with van der Waals surface area (Å²) in [6.07, 6.45) is 1.52. The third-order valence-electron chi connectivity index (χ3n) is 4.79. The summed E-state index contributed by atoms with van der Waals surface area (Å²) in [7, 11) is 1.97. The van der Waals surface area contributed by atoms with Gasteiger partial charge in [0.2, 0.25) is 0 Å². The Morgan fingerprint density at radius 2 is 1.63 bits per heavy atom. The molecule has 6 nitrogen and oxygen atoms in total. The van der Waals surface area contributed by atoms with Crippen LogP contribution in [0.2, 0.25) is 0 Å². The fourth-order valence-electron chi connectivity index (χ4n) is 3.15. The van der Waals surface area contributed by atoms with Gasteiger partial charge in [-0.3, -0.25) is 19.0 Å². The van der Waals surface area contributed by atoms with Crippen molar-refractivity contribution in [3.05, 3.63) is 69.9 Å². The van der Waals surface area contributed by atoms with Gasteiger partial charge in [-0.05, 0) is 43.8 Å². The average Bonchev–Trinajstić information content (AvgIpc) is 2.65. The number of hydrogen-bond acceptors (Lipinski definition) is 4. The van der Waals surface area contributed by atoms with E-state index in [1.165, 1.54) is 41.1 Å². The molecule has 0 spiro atoms. The van der Waals surface area contributed by atoms with Gasteiger partial charge in [-0.25, -0.2) is 4.39 Å². The second kappa shape index (κ2) is 7.84. The number of pyridine rings is 1. The summed E-state index contributed by atoms with van der Waals surface area (Å²) in [6.45, 7) is 4.17. The van der Waals surface area contributed by atoms with Crippen LogP contribution < -0.4 is 5.56 Å². The van der Waals surface area contributed by atoms with Crippen LogP contribution in [0.4, 0.5) is 4.39 Å². The Balaban J connectivity index is 2.02. The minimum absolute atomic E-state index is 0.192. The summed E-state index contributed by atoms with van der Waals surface area (Å²) >= 11 is 0. The Hall–Kier alpha value is -2.80. The molecule has 0 bridgehead atoms. The van der Waals surface area contributed by atoms with E-state index in [0.717, 1.165) is 5.56 Å². The maximum Gasteiger partial charge on any atom is 0.253 e. The zero-order chi connectivity index (χ0) is 19.6. The summed E-state index contributed by atoms with van der Waals surface area (Å²) in [5.41, 5.74) is 0.526. The fraction of sp³-hybridized carbons (Fsp3) is 0.350. The number of amides is 1. The van der Waals surface area contributed by atoms with Gasteiger partial charge >= 0.3 is 0 Å². The summed E-state index contributed by atoms with van der Waals surface area (Å²) in [4.78, 5) is 42.5. The van der Waals surface area contributed by atoms with Crippen molar-refractivity contribution >= 4 is 11.7 Å². The van der Waals surface area contributed by atoms with Crippen molar-refractivity contribution in [2.24, 2.45) is 0 Å². The highest BCUT2D eigenvalue weighted by Gasteiger charge is 2.34. The Bertz CT molecular complexity index is 899. The first-order valence-electron chi connectivity index (χ1n) is 8.83. The van der Waals surface area contributed by atoms with Gasteiger partial charge in [-0.2, -0.15) is 0 Å². The average molecular weight is 371 g/mol. The van der Waals surface area contributed by atoms with Crippen molar-refractivity contribution in [2.75, 3.05) is 33.2 Å². The van der Waals surface area contributed by atoms with Gasteiger partial charge in [-0.15, -0.1) is 0 Å². The third-order valence-corrected chi connectivity index (χ3v) is 4.79. The van der Waals surface area contributed by atoms with Gasteiger partial charge in [0.1, 0.15) is 5.82 Å². The Kier molecular flexibility index (Phi) is 5.51. The highest BCUT2D eigenvalue weighted by atomic mass is 19.1. The molecule has 0 unspecified atom stereocenters. The highest BCUT2D eigenvalue weighted by Crippen LogP contribution is 2.18. The van der Waals surface area contributed by atoms with Gasteiger partial charge < -0.3 is 9.80 Å². The monoisotopic (exact) mass is 371 g/mol. The summed E-state index contributed by atoms with van der Waals surface area (Å²) < 4.78 is 14.4. The molecule has 7 heteroatoms. The van der Waals surface area contributed by atoms with E-state index in [4.69, 9.17) is 0 Å². The van der Waals surface area contributed by atoms with E-state index in [1.807, 2.05) is 7.05 Å². The van der Waals surface area contributed by atoms with Crippen LogP contribution in [0.25, 0.3) is 0 Å². The molecule has 1 amide bonds. The number of piperazine rings is 1. The van der Waals surface area contributed by atoms with E-state index in [1.54, 1.807) is 17.9 Å². The number of halogens is 1. The first-order valence-corrected chi connectivity index (χ1v) is 8.83. The molecule has 1 aliphatic heterocycles. The first-order chi connectivity index (χ1) is 12.9. The molecule has 2 aromatic rings. The van der Waals surface area contributed by atoms with Crippen LogP contribution in [-0.4, -0.2) is 59.3 Å². The molecule has 1 fully saturated rings. The summed E-state index contributed by atoms with van der Waals surface area (Å²) in [6, 6.07) is 6.70. The maximum atomic E-state index is 13.2. The molecule has 1 aliphatic rings. The van der Waals surface area contributed by atoms with Crippen molar-refractivity contribution in [3.8, 4) is 0 Å². The summed E-state index contributed by atoms with van der Waals surface area (Å²) in [5.74, 6) is -1.40.